The standard InChI is InChI=1S/C54H32B2N4O2/c1-3-15-33(16-4-1)61-35-27-29-47-41(31-35)37-19-7-11-23-43(37)55-57-45-25-13-10-22-40(45)50-51(57)53(59(47)55)49-39-21-9-14-26-46(39)58-52(49)54(50)60-48-30-28-36(62-34-17-5-2-6-18-34)32-42(48)38-20-8-12-24-44(38)56(58)60/h1-32H. The first-order chi connectivity index (χ1) is 30.8. The van der Waals surface area contributed by atoms with Gasteiger partial charge in [0, 0.05) is 55.1 Å². The summed E-state index contributed by atoms with van der Waals surface area (Å²) in [5, 5.41) is 5.08. The molecule has 0 radical (unpaired) electrons. The van der Waals surface area contributed by atoms with Gasteiger partial charge in [-0.05, 0) is 94.8 Å². The smallest absolute Gasteiger partial charge is 0.421 e. The number of nitrogens with zero attached hydrogens (tertiary/aromatic N) is 4. The zero-order chi connectivity index (χ0) is 40.2. The zero-order valence-electron chi connectivity index (χ0n) is 33.2. The van der Waals surface area contributed by atoms with E-state index in [0.29, 0.717) is 0 Å². The van der Waals surface area contributed by atoms with Crippen molar-refractivity contribution in [3.8, 4) is 45.3 Å². The Morgan fingerprint density at radius 2 is 0.742 bits per heavy atom. The molecule has 0 saturated carbocycles. The molecule has 11 aromatic rings. The number of hydrogen-bond acceptors (Lipinski definition) is 4. The summed E-state index contributed by atoms with van der Waals surface area (Å²) in [5.41, 5.74) is 17.2. The van der Waals surface area contributed by atoms with Crippen LogP contribution in [0.5, 0.6) is 23.0 Å². The number of para-hydroxylation sites is 4. The van der Waals surface area contributed by atoms with Crippen LogP contribution in [0.4, 0.5) is 22.7 Å². The van der Waals surface area contributed by atoms with Gasteiger partial charge >= 0.3 is 14.0 Å². The highest BCUT2D eigenvalue weighted by molar-refractivity contribution is 6.85. The molecule has 62 heavy (non-hydrogen) atoms. The van der Waals surface area contributed by atoms with Crippen molar-refractivity contribution >= 4 is 91.3 Å². The molecule has 0 atom stereocenters. The van der Waals surface area contributed by atoms with Gasteiger partial charge in [-0.15, -0.1) is 0 Å². The molecule has 0 fully saturated rings. The molecule has 0 saturated heterocycles. The molecule has 2 aromatic heterocycles. The van der Waals surface area contributed by atoms with Gasteiger partial charge in [0.15, 0.2) is 0 Å². The summed E-state index contributed by atoms with van der Waals surface area (Å²) in [7, 11) is 0. The van der Waals surface area contributed by atoms with E-state index in [1.165, 1.54) is 88.4 Å². The first-order valence-electron chi connectivity index (χ1n) is 21.3. The molecule has 0 unspecified atom stereocenters. The van der Waals surface area contributed by atoms with Gasteiger partial charge in [-0.2, -0.15) is 0 Å². The van der Waals surface area contributed by atoms with E-state index in [4.69, 9.17) is 9.47 Å². The quantitative estimate of drug-likeness (QED) is 0.166. The number of anilines is 4. The Kier molecular flexibility index (Phi) is 6.23. The van der Waals surface area contributed by atoms with Crippen LogP contribution in [-0.2, 0) is 0 Å². The number of hydrogen-bond donors (Lipinski definition) is 0. The van der Waals surface area contributed by atoms with Crippen LogP contribution in [0.25, 0.3) is 65.9 Å². The zero-order valence-corrected chi connectivity index (χ0v) is 33.2. The lowest BCUT2D eigenvalue weighted by Crippen LogP contribution is -2.51. The molecule has 286 valence electrons. The Morgan fingerprint density at radius 1 is 0.339 bits per heavy atom. The molecule has 8 heteroatoms. The van der Waals surface area contributed by atoms with E-state index in [1.807, 2.05) is 60.7 Å². The van der Waals surface area contributed by atoms with Crippen molar-refractivity contribution in [2.75, 3.05) is 9.62 Å². The molecule has 4 aliphatic rings. The molecular weight excluding hydrogens is 758 g/mol. The first kappa shape index (κ1) is 32.7. The number of aromatic nitrogens is 2. The Hall–Kier alpha value is -8.09. The average Bonchev–Trinajstić information content (AvgIpc) is 4.06. The van der Waals surface area contributed by atoms with E-state index in [2.05, 4.69) is 152 Å². The predicted molar refractivity (Wildman–Crippen MR) is 255 cm³/mol. The van der Waals surface area contributed by atoms with E-state index in [9.17, 15) is 0 Å². The lowest BCUT2D eigenvalue weighted by molar-refractivity contribution is 0.482. The molecule has 0 aliphatic carbocycles. The van der Waals surface area contributed by atoms with Crippen molar-refractivity contribution in [1.82, 2.24) is 8.96 Å². The van der Waals surface area contributed by atoms with Crippen LogP contribution in [0.2, 0.25) is 0 Å². The molecule has 0 bridgehead atoms. The number of benzene rings is 9. The van der Waals surface area contributed by atoms with Crippen LogP contribution in [-0.4, -0.2) is 22.9 Å². The second kappa shape index (κ2) is 11.8. The Morgan fingerprint density at radius 3 is 1.21 bits per heavy atom. The topological polar surface area (TPSA) is 34.8 Å². The van der Waals surface area contributed by atoms with Gasteiger partial charge in [0.2, 0.25) is 0 Å². The van der Waals surface area contributed by atoms with Crippen LogP contribution in [0.1, 0.15) is 0 Å². The van der Waals surface area contributed by atoms with Gasteiger partial charge in [0.05, 0.1) is 22.4 Å². The summed E-state index contributed by atoms with van der Waals surface area (Å²) in [4.78, 5) is 5.28. The van der Waals surface area contributed by atoms with Gasteiger partial charge in [-0.25, -0.2) is 0 Å². The summed E-state index contributed by atoms with van der Waals surface area (Å²) in [6, 6.07) is 69.5. The molecule has 0 spiro atoms. The summed E-state index contributed by atoms with van der Waals surface area (Å²) in [5.74, 6) is 3.28. The van der Waals surface area contributed by atoms with Crippen molar-refractivity contribution in [3.05, 3.63) is 194 Å². The summed E-state index contributed by atoms with van der Waals surface area (Å²) < 4.78 is 18.3. The molecule has 0 amide bonds. The van der Waals surface area contributed by atoms with Gasteiger partial charge in [0.25, 0.3) is 0 Å². The van der Waals surface area contributed by atoms with Gasteiger partial charge < -0.3 is 28.1 Å². The molecule has 4 aliphatic heterocycles. The van der Waals surface area contributed by atoms with Gasteiger partial charge in [-0.3, -0.25) is 0 Å². The van der Waals surface area contributed by atoms with Crippen LogP contribution >= 0.6 is 0 Å². The van der Waals surface area contributed by atoms with E-state index in [1.54, 1.807) is 0 Å². The van der Waals surface area contributed by atoms with Crippen molar-refractivity contribution in [2.24, 2.45) is 0 Å². The van der Waals surface area contributed by atoms with Gasteiger partial charge in [0.1, 0.15) is 23.0 Å². The normalized spacial score (nSPS) is 13.7. The maximum Gasteiger partial charge on any atom is 0.421 e. The SMILES string of the molecule is c1ccc(Oc2ccc3c(c2)-c2ccccc2B2N3c3c4c5ccccc5n5c4c(c4c6ccccc6n2c34)N2B5c3ccccc3-c3cc(Oc4ccccc4)ccc32)cc1. The highest BCUT2D eigenvalue weighted by atomic mass is 16.5. The highest BCUT2D eigenvalue weighted by Gasteiger charge is 2.52. The second-order valence-corrected chi connectivity index (χ2v) is 16.8. The Bertz CT molecular complexity index is 3500. The van der Waals surface area contributed by atoms with Crippen LogP contribution in [0.15, 0.2) is 194 Å². The maximum absolute atomic E-state index is 6.50. The summed E-state index contributed by atoms with van der Waals surface area (Å²) in [6.45, 7) is -0.195. The largest absolute Gasteiger partial charge is 0.457 e. The Labute approximate surface area is 357 Å². The van der Waals surface area contributed by atoms with E-state index < -0.39 is 0 Å². The third-order valence-electron chi connectivity index (χ3n) is 13.7. The van der Waals surface area contributed by atoms with Gasteiger partial charge in [-0.1, -0.05) is 121 Å². The fraction of sp³-hybridized carbons (Fsp3) is 0. The minimum absolute atomic E-state index is 0.0974. The average molecular weight is 791 g/mol. The van der Waals surface area contributed by atoms with E-state index >= 15 is 0 Å². The monoisotopic (exact) mass is 790 g/mol. The lowest BCUT2D eigenvalue weighted by Gasteiger charge is -2.36. The third-order valence-corrected chi connectivity index (χ3v) is 13.7. The third kappa shape index (κ3) is 4.07. The summed E-state index contributed by atoms with van der Waals surface area (Å²) in [6.07, 6.45) is 0. The second-order valence-electron chi connectivity index (χ2n) is 16.8. The molecule has 6 heterocycles. The maximum atomic E-state index is 6.50. The lowest BCUT2D eigenvalue weighted by atomic mass is 9.60. The van der Waals surface area contributed by atoms with Crippen molar-refractivity contribution in [2.45, 2.75) is 0 Å². The highest BCUT2D eigenvalue weighted by Crippen LogP contribution is 2.61. The minimum Gasteiger partial charge on any atom is -0.457 e. The minimum atomic E-state index is -0.0974. The Balaban J connectivity index is 1.06. The van der Waals surface area contributed by atoms with Crippen LogP contribution in [0.3, 0.4) is 0 Å². The first-order valence-corrected chi connectivity index (χ1v) is 21.3. The predicted octanol–water partition coefficient (Wildman–Crippen LogP) is 12.2. The van der Waals surface area contributed by atoms with Crippen molar-refractivity contribution < 1.29 is 9.47 Å². The fourth-order valence-corrected chi connectivity index (χ4v) is 11.4. The number of ether oxygens (including phenoxy) is 2. The number of rotatable bonds is 4. The van der Waals surface area contributed by atoms with E-state index in [-0.39, 0.29) is 14.0 Å². The molecule has 6 nitrogen and oxygen atoms in total. The van der Waals surface area contributed by atoms with Crippen LogP contribution < -0.4 is 30.0 Å². The molecule has 9 aromatic carbocycles. The molecule has 15 rings (SSSR count). The molecule has 0 N–H and O–H groups in total. The molecular formula is C54H32B2N4O2. The van der Waals surface area contributed by atoms with E-state index in [0.717, 1.165) is 34.1 Å². The fourth-order valence-electron chi connectivity index (χ4n) is 11.4. The summed E-state index contributed by atoms with van der Waals surface area (Å²) >= 11 is 0. The van der Waals surface area contributed by atoms with Crippen molar-refractivity contribution in [1.29, 1.82) is 0 Å². The van der Waals surface area contributed by atoms with Crippen molar-refractivity contribution in [3.63, 3.8) is 0 Å². The number of fused-ring (bicyclic) bond motifs is 24. The van der Waals surface area contributed by atoms with Crippen LogP contribution in [0, 0.1) is 0 Å².